The lowest BCUT2D eigenvalue weighted by atomic mass is 10.1. The number of anilines is 1. The Bertz CT molecular complexity index is 711. The maximum Gasteiger partial charge on any atom is 0.241 e. The summed E-state index contributed by atoms with van der Waals surface area (Å²) in [5.41, 5.74) is 7.93. The number of nitrogens with two attached hydrogens (primary N) is 1. The average molecular weight is 290 g/mol. The summed E-state index contributed by atoms with van der Waals surface area (Å²) in [5, 5.41) is 0. The van der Waals surface area contributed by atoms with Gasteiger partial charge in [-0.2, -0.15) is 0 Å². The molecule has 2 aromatic rings. The summed E-state index contributed by atoms with van der Waals surface area (Å²) in [7, 11) is -3.56. The first-order valence-electron chi connectivity index (χ1n) is 6.34. The van der Waals surface area contributed by atoms with Crippen molar-refractivity contribution in [3.63, 3.8) is 0 Å². The van der Waals surface area contributed by atoms with Crippen LogP contribution in [-0.4, -0.2) is 8.42 Å². The number of para-hydroxylation sites is 1. The largest absolute Gasteiger partial charge is 0.398 e. The molecule has 2 aromatic carbocycles. The van der Waals surface area contributed by atoms with Crippen molar-refractivity contribution >= 4 is 15.7 Å². The van der Waals surface area contributed by atoms with Gasteiger partial charge in [-0.15, -0.1) is 0 Å². The second-order valence-corrected chi connectivity index (χ2v) is 6.42. The summed E-state index contributed by atoms with van der Waals surface area (Å²) >= 11 is 0. The molecule has 0 amide bonds. The fourth-order valence-corrected chi connectivity index (χ4v) is 3.59. The summed E-state index contributed by atoms with van der Waals surface area (Å²) in [4.78, 5) is 0.293. The van der Waals surface area contributed by atoms with E-state index >= 15 is 0 Å². The molecule has 0 radical (unpaired) electrons. The summed E-state index contributed by atoms with van der Waals surface area (Å²) in [6.07, 6.45) is 0. The van der Waals surface area contributed by atoms with Crippen LogP contribution in [0.2, 0.25) is 0 Å². The average Bonchev–Trinajstić information content (AvgIpc) is 2.38. The Labute approximate surface area is 119 Å². The Morgan fingerprint density at radius 3 is 2.30 bits per heavy atom. The zero-order valence-corrected chi connectivity index (χ0v) is 12.3. The zero-order chi connectivity index (χ0) is 14.8. The van der Waals surface area contributed by atoms with Crippen molar-refractivity contribution < 1.29 is 8.42 Å². The highest BCUT2D eigenvalue weighted by Gasteiger charge is 2.20. The molecule has 0 saturated heterocycles. The Kier molecular flexibility index (Phi) is 4.11. The van der Waals surface area contributed by atoms with Gasteiger partial charge >= 0.3 is 0 Å². The van der Waals surface area contributed by atoms with Crippen LogP contribution >= 0.6 is 0 Å². The van der Waals surface area contributed by atoms with E-state index in [1.165, 1.54) is 0 Å². The molecule has 0 aliphatic carbocycles. The standard InChI is InChI=1S/C15H18N2O2S/c1-11-7-3-6-10-15(11)20(18,19)17-12(2)13-8-4-5-9-14(13)16/h3-10,12,17H,16H2,1-2H3. The number of aryl methyl sites for hydroxylation is 1. The van der Waals surface area contributed by atoms with E-state index in [-0.39, 0.29) is 6.04 Å². The van der Waals surface area contributed by atoms with Crippen molar-refractivity contribution in [2.75, 3.05) is 5.73 Å². The number of sulfonamides is 1. The Balaban J connectivity index is 2.30. The number of hydrogen-bond donors (Lipinski definition) is 2. The fraction of sp³-hybridized carbons (Fsp3) is 0.200. The monoisotopic (exact) mass is 290 g/mol. The second kappa shape index (κ2) is 5.64. The van der Waals surface area contributed by atoms with Gasteiger partial charge in [-0.3, -0.25) is 0 Å². The smallest absolute Gasteiger partial charge is 0.241 e. The first kappa shape index (κ1) is 14.6. The van der Waals surface area contributed by atoms with Crippen LogP contribution in [0, 0.1) is 6.92 Å². The molecule has 1 unspecified atom stereocenters. The van der Waals surface area contributed by atoms with Crippen LogP contribution in [0.4, 0.5) is 5.69 Å². The van der Waals surface area contributed by atoms with Gasteiger partial charge in [0.25, 0.3) is 0 Å². The molecule has 0 fully saturated rings. The van der Waals surface area contributed by atoms with Gasteiger partial charge in [0.15, 0.2) is 0 Å². The predicted octanol–water partition coefficient (Wildman–Crippen LogP) is 2.62. The molecular weight excluding hydrogens is 272 g/mol. The van der Waals surface area contributed by atoms with E-state index in [0.29, 0.717) is 16.1 Å². The van der Waals surface area contributed by atoms with Crippen molar-refractivity contribution in [1.29, 1.82) is 0 Å². The molecular formula is C15H18N2O2S. The lowest BCUT2D eigenvalue weighted by molar-refractivity contribution is 0.566. The number of nitrogen functional groups attached to an aromatic ring is 1. The highest BCUT2D eigenvalue weighted by atomic mass is 32.2. The van der Waals surface area contributed by atoms with E-state index < -0.39 is 10.0 Å². The van der Waals surface area contributed by atoms with Crippen molar-refractivity contribution in [2.24, 2.45) is 0 Å². The highest BCUT2D eigenvalue weighted by molar-refractivity contribution is 7.89. The van der Waals surface area contributed by atoms with Gasteiger partial charge in [0, 0.05) is 11.7 Å². The van der Waals surface area contributed by atoms with Crippen molar-refractivity contribution in [1.82, 2.24) is 4.72 Å². The minimum Gasteiger partial charge on any atom is -0.398 e. The molecule has 0 bridgehead atoms. The molecule has 0 spiro atoms. The van der Waals surface area contributed by atoms with Gasteiger partial charge in [0.2, 0.25) is 10.0 Å². The molecule has 0 aliphatic rings. The SMILES string of the molecule is Cc1ccccc1S(=O)(=O)NC(C)c1ccccc1N. The van der Waals surface area contributed by atoms with E-state index in [4.69, 9.17) is 5.73 Å². The molecule has 106 valence electrons. The first-order valence-corrected chi connectivity index (χ1v) is 7.82. The van der Waals surface area contributed by atoms with Crippen LogP contribution in [0.3, 0.4) is 0 Å². The summed E-state index contributed by atoms with van der Waals surface area (Å²) in [6.45, 7) is 3.55. The van der Waals surface area contributed by atoms with Gasteiger partial charge in [-0.25, -0.2) is 13.1 Å². The third-order valence-corrected chi connectivity index (χ3v) is 4.88. The van der Waals surface area contributed by atoms with Gasteiger partial charge in [-0.1, -0.05) is 36.4 Å². The van der Waals surface area contributed by atoms with E-state index in [9.17, 15) is 8.42 Å². The minimum absolute atomic E-state index is 0.293. The Morgan fingerprint density at radius 1 is 1.05 bits per heavy atom. The molecule has 0 saturated carbocycles. The highest BCUT2D eigenvalue weighted by Crippen LogP contribution is 2.22. The second-order valence-electron chi connectivity index (χ2n) is 4.74. The van der Waals surface area contributed by atoms with Crippen molar-refractivity contribution in [3.05, 3.63) is 59.7 Å². The number of hydrogen-bond acceptors (Lipinski definition) is 3. The summed E-state index contributed by atoms with van der Waals surface area (Å²) in [5.74, 6) is 0. The van der Waals surface area contributed by atoms with Crippen LogP contribution in [-0.2, 0) is 10.0 Å². The molecule has 1 atom stereocenters. The third-order valence-electron chi connectivity index (χ3n) is 3.18. The van der Waals surface area contributed by atoms with Gasteiger partial charge in [0.05, 0.1) is 4.90 Å². The Morgan fingerprint density at radius 2 is 1.65 bits per heavy atom. The Hall–Kier alpha value is -1.85. The zero-order valence-electron chi connectivity index (χ0n) is 11.5. The lowest BCUT2D eigenvalue weighted by Gasteiger charge is -2.17. The van der Waals surface area contributed by atoms with Crippen molar-refractivity contribution in [2.45, 2.75) is 24.8 Å². The molecule has 0 heterocycles. The molecule has 3 N–H and O–H groups in total. The summed E-state index contributed by atoms with van der Waals surface area (Å²) in [6, 6.07) is 13.7. The number of nitrogens with one attached hydrogen (secondary N) is 1. The molecule has 0 aromatic heterocycles. The van der Waals surface area contributed by atoms with Crippen LogP contribution in [0.25, 0.3) is 0 Å². The van der Waals surface area contributed by atoms with E-state index in [1.807, 2.05) is 24.3 Å². The van der Waals surface area contributed by atoms with Crippen LogP contribution < -0.4 is 10.5 Å². The quantitative estimate of drug-likeness (QED) is 0.850. The van der Waals surface area contributed by atoms with E-state index in [2.05, 4.69) is 4.72 Å². The van der Waals surface area contributed by atoms with E-state index in [0.717, 1.165) is 5.56 Å². The fourth-order valence-electron chi connectivity index (χ4n) is 2.12. The predicted molar refractivity (Wildman–Crippen MR) is 80.8 cm³/mol. The summed E-state index contributed by atoms with van der Waals surface area (Å²) < 4.78 is 27.5. The van der Waals surface area contributed by atoms with Crippen LogP contribution in [0.5, 0.6) is 0 Å². The van der Waals surface area contributed by atoms with E-state index in [1.54, 1.807) is 38.1 Å². The topological polar surface area (TPSA) is 72.2 Å². The van der Waals surface area contributed by atoms with Crippen LogP contribution in [0.1, 0.15) is 24.1 Å². The van der Waals surface area contributed by atoms with Gasteiger partial charge in [0.1, 0.15) is 0 Å². The number of benzene rings is 2. The molecule has 2 rings (SSSR count). The lowest BCUT2D eigenvalue weighted by Crippen LogP contribution is -2.27. The molecule has 5 heteroatoms. The minimum atomic E-state index is -3.56. The van der Waals surface area contributed by atoms with Gasteiger partial charge < -0.3 is 5.73 Å². The molecule has 4 nitrogen and oxygen atoms in total. The first-order chi connectivity index (χ1) is 9.42. The number of rotatable bonds is 4. The third kappa shape index (κ3) is 3.00. The van der Waals surface area contributed by atoms with Crippen molar-refractivity contribution in [3.8, 4) is 0 Å². The maximum atomic E-state index is 12.4. The normalized spacial score (nSPS) is 13.1. The maximum absolute atomic E-state index is 12.4. The molecule has 0 aliphatic heterocycles. The van der Waals surface area contributed by atoms with Crippen LogP contribution in [0.15, 0.2) is 53.4 Å². The van der Waals surface area contributed by atoms with Gasteiger partial charge in [-0.05, 0) is 37.1 Å². The molecule has 20 heavy (non-hydrogen) atoms.